The lowest BCUT2D eigenvalue weighted by Gasteiger charge is -2.48. The van der Waals surface area contributed by atoms with Crippen LogP contribution in [0.5, 0.6) is 0 Å². The molecule has 1 heterocycles. The third-order valence-corrected chi connectivity index (χ3v) is 8.19. The highest BCUT2D eigenvalue weighted by Crippen LogP contribution is 2.44. The van der Waals surface area contributed by atoms with Gasteiger partial charge >= 0.3 is 5.97 Å². The molecule has 1 aliphatic rings. The Morgan fingerprint density at radius 2 is 1.76 bits per heavy atom. The topological polar surface area (TPSA) is 101 Å². The van der Waals surface area contributed by atoms with Crippen LogP contribution in [0.15, 0.2) is 48.5 Å². The van der Waals surface area contributed by atoms with E-state index in [0.29, 0.717) is 27.6 Å². The number of nitrogens with zero attached hydrogens (tertiary/aromatic N) is 1. The molecule has 1 N–H and O–H groups in total. The van der Waals surface area contributed by atoms with Gasteiger partial charge in [-0.05, 0) is 41.8 Å². The van der Waals surface area contributed by atoms with Crippen molar-refractivity contribution < 1.29 is 27.9 Å². The molecule has 184 valence electrons. The Labute approximate surface area is 209 Å². The molecule has 10 heteroatoms. The highest BCUT2D eigenvalue weighted by Gasteiger charge is 2.47. The van der Waals surface area contributed by atoms with Crippen LogP contribution in [-0.2, 0) is 24.2 Å². The SMILES string of the molecule is CC[C@@H](CS(=O)(=O)CC)N1C(=O)[C@H](CC(=O)O)OC(c2cccc(Cl)c2)C1c1ccc(Cl)cc1. The van der Waals surface area contributed by atoms with Gasteiger partial charge < -0.3 is 14.7 Å². The molecule has 1 aliphatic heterocycles. The van der Waals surface area contributed by atoms with Crippen molar-refractivity contribution in [1.29, 1.82) is 0 Å². The van der Waals surface area contributed by atoms with Crippen LogP contribution < -0.4 is 0 Å². The zero-order chi connectivity index (χ0) is 25.0. The minimum atomic E-state index is -3.44. The molecule has 0 saturated carbocycles. The largest absolute Gasteiger partial charge is 0.481 e. The molecule has 4 atom stereocenters. The number of morpholine rings is 1. The molecule has 1 saturated heterocycles. The predicted octanol–water partition coefficient (Wildman–Crippen LogP) is 4.69. The first kappa shape index (κ1) is 26.5. The summed E-state index contributed by atoms with van der Waals surface area (Å²) >= 11 is 12.3. The second-order valence-corrected chi connectivity index (χ2v) is 11.5. The first-order valence-corrected chi connectivity index (χ1v) is 13.5. The second-order valence-electron chi connectivity index (χ2n) is 8.20. The number of carboxylic acids is 1. The van der Waals surface area contributed by atoms with E-state index in [1.165, 1.54) is 4.90 Å². The van der Waals surface area contributed by atoms with E-state index in [2.05, 4.69) is 0 Å². The molecule has 1 amide bonds. The van der Waals surface area contributed by atoms with Crippen LogP contribution in [0.3, 0.4) is 0 Å². The number of carbonyl (C=O) groups is 2. The van der Waals surface area contributed by atoms with Gasteiger partial charge in [0.2, 0.25) is 0 Å². The van der Waals surface area contributed by atoms with Gasteiger partial charge in [-0.25, -0.2) is 8.42 Å². The quantitative estimate of drug-likeness (QED) is 0.507. The van der Waals surface area contributed by atoms with Crippen LogP contribution in [0.1, 0.15) is 50.0 Å². The maximum Gasteiger partial charge on any atom is 0.306 e. The first-order valence-electron chi connectivity index (χ1n) is 11.0. The zero-order valence-electron chi connectivity index (χ0n) is 18.9. The van der Waals surface area contributed by atoms with Crippen molar-refractivity contribution in [2.45, 2.75) is 51.0 Å². The molecule has 2 aromatic carbocycles. The van der Waals surface area contributed by atoms with Gasteiger partial charge in [0, 0.05) is 21.8 Å². The summed E-state index contributed by atoms with van der Waals surface area (Å²) < 4.78 is 31.2. The molecule has 0 radical (unpaired) electrons. The van der Waals surface area contributed by atoms with Crippen LogP contribution >= 0.6 is 23.2 Å². The number of carboxylic acid groups (broad SMARTS) is 1. The smallest absolute Gasteiger partial charge is 0.306 e. The lowest BCUT2D eigenvalue weighted by atomic mass is 9.89. The number of rotatable bonds is 9. The van der Waals surface area contributed by atoms with Gasteiger partial charge in [0.1, 0.15) is 12.2 Å². The standard InChI is InChI=1S/C24H27Cl2NO6S/c1-3-19(14-34(31,32)4-2)27-22(15-8-10-17(25)11-9-15)23(16-6-5-7-18(26)12-16)33-20(24(27)30)13-21(28)29/h5-12,19-20,22-23H,3-4,13-14H2,1-2H3,(H,28,29)/t19-,20-,22?,23?/m0/s1. The lowest BCUT2D eigenvalue weighted by molar-refractivity contribution is -0.182. The Hall–Kier alpha value is -2.13. The van der Waals surface area contributed by atoms with E-state index in [1.54, 1.807) is 62.4 Å². The van der Waals surface area contributed by atoms with Crippen LogP contribution in [0.4, 0.5) is 0 Å². The summed E-state index contributed by atoms with van der Waals surface area (Å²) in [5.41, 5.74) is 1.33. The molecular weight excluding hydrogens is 501 g/mol. The van der Waals surface area contributed by atoms with Crippen molar-refractivity contribution in [3.05, 3.63) is 69.7 Å². The minimum absolute atomic E-state index is 0.0656. The van der Waals surface area contributed by atoms with Gasteiger partial charge in [0.25, 0.3) is 5.91 Å². The molecule has 0 aliphatic carbocycles. The number of carbonyl (C=O) groups excluding carboxylic acids is 1. The van der Waals surface area contributed by atoms with Crippen molar-refractivity contribution in [3.8, 4) is 0 Å². The molecule has 0 spiro atoms. The Kier molecular flexibility index (Phi) is 8.62. The molecule has 2 aromatic rings. The summed E-state index contributed by atoms with van der Waals surface area (Å²) in [6.45, 7) is 3.36. The van der Waals surface area contributed by atoms with Gasteiger partial charge in [0.05, 0.1) is 18.2 Å². The molecule has 1 fully saturated rings. The molecule has 3 rings (SSSR count). The van der Waals surface area contributed by atoms with E-state index >= 15 is 0 Å². The second kappa shape index (κ2) is 11.1. The minimum Gasteiger partial charge on any atom is -0.481 e. The summed E-state index contributed by atoms with van der Waals surface area (Å²) in [5.74, 6) is -2.05. The summed E-state index contributed by atoms with van der Waals surface area (Å²) in [7, 11) is -3.44. The number of hydrogen-bond acceptors (Lipinski definition) is 5. The highest BCUT2D eigenvalue weighted by molar-refractivity contribution is 7.91. The van der Waals surface area contributed by atoms with E-state index in [-0.39, 0.29) is 11.5 Å². The van der Waals surface area contributed by atoms with Crippen LogP contribution in [0, 0.1) is 0 Å². The summed E-state index contributed by atoms with van der Waals surface area (Å²) in [6.07, 6.45) is -2.24. The van der Waals surface area contributed by atoms with Gasteiger partial charge in [-0.1, -0.05) is 61.3 Å². The van der Waals surface area contributed by atoms with Crippen molar-refractivity contribution in [3.63, 3.8) is 0 Å². The van der Waals surface area contributed by atoms with E-state index in [4.69, 9.17) is 27.9 Å². The van der Waals surface area contributed by atoms with Gasteiger partial charge in [0.15, 0.2) is 9.84 Å². The summed E-state index contributed by atoms with van der Waals surface area (Å²) in [6, 6.07) is 12.4. The van der Waals surface area contributed by atoms with Crippen LogP contribution in [-0.4, -0.2) is 54.0 Å². The Morgan fingerprint density at radius 1 is 1.09 bits per heavy atom. The van der Waals surface area contributed by atoms with Crippen molar-refractivity contribution >= 4 is 44.9 Å². The average Bonchev–Trinajstić information content (AvgIpc) is 2.79. The van der Waals surface area contributed by atoms with E-state index < -0.39 is 52.4 Å². The van der Waals surface area contributed by atoms with Crippen molar-refractivity contribution in [1.82, 2.24) is 4.90 Å². The number of aliphatic carboxylic acids is 1. The maximum absolute atomic E-state index is 13.6. The average molecular weight is 528 g/mol. The van der Waals surface area contributed by atoms with Crippen LogP contribution in [0.25, 0.3) is 0 Å². The summed E-state index contributed by atoms with van der Waals surface area (Å²) in [5, 5.41) is 10.4. The third-order valence-electron chi connectivity index (χ3n) is 5.93. The van der Waals surface area contributed by atoms with Gasteiger partial charge in [-0.15, -0.1) is 0 Å². The van der Waals surface area contributed by atoms with Gasteiger partial charge in [-0.3, -0.25) is 9.59 Å². The van der Waals surface area contributed by atoms with E-state index in [0.717, 1.165) is 0 Å². The fourth-order valence-electron chi connectivity index (χ4n) is 4.21. The molecule has 34 heavy (non-hydrogen) atoms. The fraction of sp³-hybridized carbons (Fsp3) is 0.417. The Morgan fingerprint density at radius 3 is 2.32 bits per heavy atom. The van der Waals surface area contributed by atoms with Crippen LogP contribution in [0.2, 0.25) is 10.0 Å². The predicted molar refractivity (Wildman–Crippen MR) is 131 cm³/mol. The zero-order valence-corrected chi connectivity index (χ0v) is 21.2. The normalized spacial score (nSPS) is 21.9. The number of halogens is 2. The first-order chi connectivity index (χ1) is 16.1. The van der Waals surface area contributed by atoms with Gasteiger partial charge in [-0.2, -0.15) is 0 Å². The molecular formula is C24H27Cl2NO6S. The number of sulfone groups is 1. The molecule has 7 nitrogen and oxygen atoms in total. The molecule has 0 aromatic heterocycles. The number of hydrogen-bond donors (Lipinski definition) is 1. The van der Waals surface area contributed by atoms with E-state index in [1.807, 2.05) is 0 Å². The number of benzene rings is 2. The monoisotopic (exact) mass is 527 g/mol. The van der Waals surface area contributed by atoms with Crippen molar-refractivity contribution in [2.24, 2.45) is 0 Å². The maximum atomic E-state index is 13.6. The Balaban J connectivity index is 2.20. The highest BCUT2D eigenvalue weighted by atomic mass is 35.5. The van der Waals surface area contributed by atoms with Crippen molar-refractivity contribution in [2.75, 3.05) is 11.5 Å². The molecule has 0 bridgehead atoms. The lowest BCUT2D eigenvalue weighted by Crippen LogP contribution is -2.56. The fourth-order valence-corrected chi connectivity index (χ4v) is 5.75. The number of amides is 1. The number of ether oxygens (including phenoxy) is 1. The van der Waals surface area contributed by atoms with E-state index in [9.17, 15) is 23.1 Å². The third kappa shape index (κ3) is 6.10. The Bertz CT molecular complexity index is 1140. The summed E-state index contributed by atoms with van der Waals surface area (Å²) in [4.78, 5) is 26.7. The molecule has 2 unspecified atom stereocenters.